The van der Waals surface area contributed by atoms with Crippen LogP contribution in [0.15, 0.2) is 0 Å². The van der Waals surface area contributed by atoms with Gasteiger partial charge in [0.25, 0.3) is 0 Å². The zero-order valence-electron chi connectivity index (χ0n) is 13.5. The molecule has 0 fully saturated rings. The second kappa shape index (κ2) is 6.40. The van der Waals surface area contributed by atoms with Crippen molar-refractivity contribution in [3.05, 3.63) is 0 Å². The third kappa shape index (κ3) is 4.51. The van der Waals surface area contributed by atoms with Crippen molar-refractivity contribution in [2.45, 2.75) is 55.4 Å². The second-order valence-corrected chi connectivity index (χ2v) is 6.73. The van der Waals surface area contributed by atoms with Crippen LogP contribution in [0.5, 0.6) is 0 Å². The Morgan fingerprint density at radius 1 is 0.789 bits per heavy atom. The quantitative estimate of drug-likeness (QED) is 0.549. The Kier molecular flexibility index (Phi) is 6.04. The maximum Gasteiger partial charge on any atom is 0.314 e. The van der Waals surface area contributed by atoms with Gasteiger partial charge in [-0.25, -0.2) is 0 Å². The summed E-state index contributed by atoms with van der Waals surface area (Å²) in [5.74, 6) is -0.388. The largest absolute Gasteiger partial charge is 0.427 e. The van der Waals surface area contributed by atoms with Crippen LogP contribution in [-0.4, -0.2) is 18.7 Å². The molecule has 0 rings (SSSR count). The molecule has 0 atom stereocenters. The van der Waals surface area contributed by atoms with Crippen molar-refractivity contribution >= 4 is 11.9 Å². The lowest BCUT2D eigenvalue weighted by Gasteiger charge is -2.28. The van der Waals surface area contributed by atoms with Crippen LogP contribution in [0.1, 0.15) is 55.4 Å². The zero-order chi connectivity index (χ0) is 15.4. The summed E-state index contributed by atoms with van der Waals surface area (Å²) in [7, 11) is 0. The second-order valence-electron chi connectivity index (χ2n) is 6.73. The van der Waals surface area contributed by atoms with Gasteiger partial charge in [-0.2, -0.15) is 0 Å². The smallest absolute Gasteiger partial charge is 0.314 e. The highest BCUT2D eigenvalue weighted by molar-refractivity contribution is 5.77. The van der Waals surface area contributed by atoms with E-state index in [1.54, 1.807) is 0 Å². The molecular weight excluding hydrogens is 244 g/mol. The van der Waals surface area contributed by atoms with Gasteiger partial charge in [0.05, 0.1) is 10.8 Å². The van der Waals surface area contributed by atoms with E-state index in [1.807, 2.05) is 55.4 Å². The third-order valence-corrected chi connectivity index (χ3v) is 4.32. The van der Waals surface area contributed by atoms with Crippen LogP contribution in [0.4, 0.5) is 0 Å². The van der Waals surface area contributed by atoms with Crippen LogP contribution < -0.4 is 0 Å². The summed E-state index contributed by atoms with van der Waals surface area (Å²) in [6.07, 6.45) is 0. The Morgan fingerprint density at radius 2 is 1.05 bits per heavy atom. The predicted octanol–water partition coefficient (Wildman–Crippen LogP) is 3.39. The monoisotopic (exact) mass is 272 g/mol. The van der Waals surface area contributed by atoms with Crippen LogP contribution in [0, 0.1) is 22.7 Å². The SMILES string of the molecule is CC(C)C(C)(C)C(=O)OCOC(=O)C(C)(C)C(C)C. The number of ether oxygens (including phenoxy) is 2. The number of carbonyl (C=O) groups excluding carboxylic acids is 2. The van der Waals surface area contributed by atoms with Crippen molar-refractivity contribution in [3.63, 3.8) is 0 Å². The van der Waals surface area contributed by atoms with Crippen molar-refractivity contribution in [2.24, 2.45) is 22.7 Å². The molecule has 0 radical (unpaired) electrons. The highest BCUT2D eigenvalue weighted by Gasteiger charge is 2.35. The van der Waals surface area contributed by atoms with Crippen molar-refractivity contribution in [2.75, 3.05) is 6.79 Å². The minimum Gasteiger partial charge on any atom is -0.427 e. The molecule has 0 aliphatic heterocycles. The van der Waals surface area contributed by atoms with Gasteiger partial charge >= 0.3 is 11.9 Å². The Labute approximate surface area is 116 Å². The fourth-order valence-corrected chi connectivity index (χ4v) is 0.980. The maximum atomic E-state index is 11.9. The molecule has 0 aliphatic rings. The van der Waals surface area contributed by atoms with Crippen molar-refractivity contribution < 1.29 is 19.1 Å². The van der Waals surface area contributed by atoms with Gasteiger partial charge in [0.1, 0.15) is 0 Å². The van der Waals surface area contributed by atoms with E-state index in [0.717, 1.165) is 0 Å². The maximum absolute atomic E-state index is 11.9. The van der Waals surface area contributed by atoms with Gasteiger partial charge < -0.3 is 9.47 Å². The molecule has 0 unspecified atom stereocenters. The minimum atomic E-state index is -0.583. The van der Waals surface area contributed by atoms with Gasteiger partial charge in [-0.15, -0.1) is 0 Å². The number of hydrogen-bond donors (Lipinski definition) is 0. The van der Waals surface area contributed by atoms with Gasteiger partial charge in [-0.3, -0.25) is 9.59 Å². The summed E-state index contributed by atoms with van der Waals surface area (Å²) in [6, 6.07) is 0. The normalized spacial score (nSPS) is 12.7. The topological polar surface area (TPSA) is 52.6 Å². The average Bonchev–Trinajstić information content (AvgIpc) is 2.27. The molecule has 0 aliphatic carbocycles. The molecule has 19 heavy (non-hydrogen) atoms. The van der Waals surface area contributed by atoms with Crippen LogP contribution in [-0.2, 0) is 19.1 Å². The van der Waals surface area contributed by atoms with Gasteiger partial charge in [0.2, 0.25) is 6.79 Å². The van der Waals surface area contributed by atoms with E-state index in [0.29, 0.717) is 0 Å². The molecule has 4 heteroatoms. The van der Waals surface area contributed by atoms with Crippen LogP contribution in [0.25, 0.3) is 0 Å². The molecule has 0 aromatic rings. The highest BCUT2D eigenvalue weighted by Crippen LogP contribution is 2.29. The lowest BCUT2D eigenvalue weighted by atomic mass is 9.81. The van der Waals surface area contributed by atoms with E-state index >= 15 is 0 Å². The number of rotatable bonds is 6. The number of carbonyl (C=O) groups is 2. The molecule has 0 aromatic carbocycles. The van der Waals surface area contributed by atoms with Gasteiger partial charge in [-0.1, -0.05) is 27.7 Å². The Balaban J connectivity index is 4.33. The third-order valence-electron chi connectivity index (χ3n) is 4.32. The highest BCUT2D eigenvalue weighted by atomic mass is 16.7. The summed E-state index contributed by atoms with van der Waals surface area (Å²) in [5, 5.41) is 0. The summed E-state index contributed by atoms with van der Waals surface area (Å²) >= 11 is 0. The van der Waals surface area contributed by atoms with Crippen molar-refractivity contribution in [1.82, 2.24) is 0 Å². The summed E-state index contributed by atoms with van der Waals surface area (Å²) in [4.78, 5) is 23.7. The van der Waals surface area contributed by atoms with E-state index in [-0.39, 0.29) is 30.6 Å². The summed E-state index contributed by atoms with van der Waals surface area (Å²) in [6.45, 7) is 14.8. The first-order valence-corrected chi connectivity index (χ1v) is 6.78. The molecule has 112 valence electrons. The first kappa shape index (κ1) is 17.9. The molecule has 4 nitrogen and oxygen atoms in total. The van der Waals surface area contributed by atoms with Gasteiger partial charge in [-0.05, 0) is 39.5 Å². The summed E-state index contributed by atoms with van der Waals surface area (Å²) < 4.78 is 10.1. The molecular formula is C15H28O4. The molecule has 0 saturated carbocycles. The Morgan fingerprint density at radius 3 is 1.26 bits per heavy atom. The van der Waals surface area contributed by atoms with Crippen LogP contribution in [0.3, 0.4) is 0 Å². The van der Waals surface area contributed by atoms with Crippen molar-refractivity contribution in [3.8, 4) is 0 Å². The van der Waals surface area contributed by atoms with Crippen molar-refractivity contribution in [1.29, 1.82) is 0 Å². The molecule has 0 spiro atoms. The molecule has 0 saturated heterocycles. The fraction of sp³-hybridized carbons (Fsp3) is 0.867. The minimum absolute atomic E-state index is 0.155. The molecule has 0 amide bonds. The summed E-state index contributed by atoms with van der Waals surface area (Å²) in [5.41, 5.74) is -1.17. The lowest BCUT2D eigenvalue weighted by Crippen LogP contribution is -2.35. The number of esters is 2. The van der Waals surface area contributed by atoms with Gasteiger partial charge in [0.15, 0.2) is 0 Å². The molecule has 0 bridgehead atoms. The van der Waals surface area contributed by atoms with E-state index < -0.39 is 10.8 Å². The Bertz CT molecular complexity index is 295. The molecule has 0 heterocycles. The number of hydrogen-bond acceptors (Lipinski definition) is 4. The average molecular weight is 272 g/mol. The zero-order valence-corrected chi connectivity index (χ0v) is 13.5. The first-order chi connectivity index (χ1) is 8.44. The van der Waals surface area contributed by atoms with E-state index in [9.17, 15) is 9.59 Å². The lowest BCUT2D eigenvalue weighted by molar-refractivity contribution is -0.181. The first-order valence-electron chi connectivity index (χ1n) is 6.78. The van der Waals surface area contributed by atoms with E-state index in [4.69, 9.17) is 9.47 Å². The molecule has 0 aromatic heterocycles. The Hall–Kier alpha value is -1.06. The van der Waals surface area contributed by atoms with Crippen LogP contribution in [0.2, 0.25) is 0 Å². The fourth-order valence-electron chi connectivity index (χ4n) is 0.980. The van der Waals surface area contributed by atoms with E-state index in [1.165, 1.54) is 0 Å². The van der Waals surface area contributed by atoms with Gasteiger partial charge in [0, 0.05) is 0 Å². The predicted molar refractivity (Wildman–Crippen MR) is 74.3 cm³/mol. The van der Waals surface area contributed by atoms with Crippen LogP contribution >= 0.6 is 0 Å². The van der Waals surface area contributed by atoms with E-state index in [2.05, 4.69) is 0 Å². The standard InChI is InChI=1S/C15H28O4/c1-10(2)14(5,6)12(16)18-9-19-13(17)15(7,8)11(3)4/h10-11H,9H2,1-8H3. The molecule has 0 N–H and O–H groups in total.